The van der Waals surface area contributed by atoms with Gasteiger partial charge in [-0.25, -0.2) is 0 Å². The molecule has 1 aromatic heterocycles. The summed E-state index contributed by atoms with van der Waals surface area (Å²) in [7, 11) is 0. The van der Waals surface area contributed by atoms with Crippen molar-refractivity contribution in [2.75, 3.05) is 6.54 Å². The van der Waals surface area contributed by atoms with E-state index in [-0.39, 0.29) is 5.91 Å². The quantitative estimate of drug-likeness (QED) is 0.757. The van der Waals surface area contributed by atoms with Crippen molar-refractivity contribution in [1.29, 1.82) is 0 Å². The van der Waals surface area contributed by atoms with E-state index in [4.69, 9.17) is 6.42 Å². The molecule has 1 amide bonds. The van der Waals surface area contributed by atoms with Gasteiger partial charge in [0.1, 0.15) is 0 Å². The van der Waals surface area contributed by atoms with Crippen LogP contribution in [0, 0.1) is 12.3 Å². The van der Waals surface area contributed by atoms with Gasteiger partial charge in [-0.3, -0.25) is 4.79 Å². The largest absolute Gasteiger partial charge is 0.341 e. The molecule has 1 aliphatic carbocycles. The molecule has 78 valence electrons. The van der Waals surface area contributed by atoms with E-state index in [2.05, 4.69) is 11.2 Å². The van der Waals surface area contributed by atoms with Crippen LogP contribution in [-0.2, 0) is 12.8 Å². The summed E-state index contributed by atoms with van der Waals surface area (Å²) in [6.07, 6.45) is 9.72. The Balaban J connectivity index is 2.18. The van der Waals surface area contributed by atoms with Crippen LogP contribution in [-0.4, -0.2) is 12.5 Å². The Morgan fingerprint density at radius 2 is 2.33 bits per heavy atom. The molecule has 2 rings (SSSR count). The van der Waals surface area contributed by atoms with Gasteiger partial charge in [-0.15, -0.1) is 17.8 Å². The molecule has 0 aromatic carbocycles. The van der Waals surface area contributed by atoms with Crippen LogP contribution in [0.2, 0.25) is 0 Å². The van der Waals surface area contributed by atoms with Crippen LogP contribution in [0.25, 0.3) is 0 Å². The van der Waals surface area contributed by atoms with Crippen molar-refractivity contribution in [3.05, 3.63) is 21.4 Å². The van der Waals surface area contributed by atoms with Crippen LogP contribution in [0.15, 0.2) is 5.38 Å². The van der Waals surface area contributed by atoms with Crippen LogP contribution in [0.1, 0.15) is 33.6 Å². The zero-order valence-corrected chi connectivity index (χ0v) is 9.32. The number of thiophene rings is 1. The van der Waals surface area contributed by atoms with Gasteiger partial charge in [0.2, 0.25) is 0 Å². The summed E-state index contributed by atoms with van der Waals surface area (Å²) in [6, 6.07) is 0. The van der Waals surface area contributed by atoms with Gasteiger partial charge in [-0.2, -0.15) is 0 Å². The lowest BCUT2D eigenvalue weighted by atomic mass is 9.96. The van der Waals surface area contributed by atoms with E-state index in [1.54, 1.807) is 11.3 Å². The Bertz CT molecular complexity index is 414. The summed E-state index contributed by atoms with van der Waals surface area (Å²) in [5.41, 5.74) is 2.09. The Labute approximate surface area is 93.7 Å². The summed E-state index contributed by atoms with van der Waals surface area (Å²) in [4.78, 5) is 13.1. The predicted molar refractivity (Wildman–Crippen MR) is 62.1 cm³/mol. The van der Waals surface area contributed by atoms with Gasteiger partial charge in [0.05, 0.1) is 12.1 Å². The van der Waals surface area contributed by atoms with Crippen LogP contribution < -0.4 is 5.32 Å². The van der Waals surface area contributed by atoms with E-state index in [0.29, 0.717) is 6.54 Å². The smallest absolute Gasteiger partial charge is 0.253 e. The van der Waals surface area contributed by atoms with Gasteiger partial charge in [-0.05, 0) is 31.2 Å². The third-order valence-electron chi connectivity index (χ3n) is 2.66. The lowest BCUT2D eigenvalue weighted by Gasteiger charge is -2.12. The maximum atomic E-state index is 11.7. The predicted octanol–water partition coefficient (Wildman–Crippen LogP) is 1.99. The molecule has 1 aliphatic rings. The number of terminal acetylenes is 1. The number of nitrogens with one attached hydrogen (secondary N) is 1. The van der Waals surface area contributed by atoms with E-state index < -0.39 is 0 Å². The van der Waals surface area contributed by atoms with Crippen LogP contribution >= 0.6 is 11.3 Å². The average molecular weight is 219 g/mol. The molecule has 0 unspecified atom stereocenters. The summed E-state index contributed by atoms with van der Waals surface area (Å²) >= 11 is 1.70. The molecule has 15 heavy (non-hydrogen) atoms. The first kappa shape index (κ1) is 10.3. The van der Waals surface area contributed by atoms with Crippen molar-refractivity contribution >= 4 is 17.2 Å². The van der Waals surface area contributed by atoms with Crippen molar-refractivity contribution < 1.29 is 4.79 Å². The monoisotopic (exact) mass is 219 g/mol. The summed E-state index contributed by atoms with van der Waals surface area (Å²) < 4.78 is 0. The molecule has 1 N–H and O–H groups in total. The fourth-order valence-electron chi connectivity index (χ4n) is 1.91. The number of hydrogen-bond donors (Lipinski definition) is 1. The van der Waals surface area contributed by atoms with Crippen molar-refractivity contribution in [2.24, 2.45) is 0 Å². The van der Waals surface area contributed by atoms with E-state index in [1.165, 1.54) is 23.3 Å². The van der Waals surface area contributed by atoms with E-state index >= 15 is 0 Å². The molecule has 0 saturated carbocycles. The van der Waals surface area contributed by atoms with Gasteiger partial charge in [0.25, 0.3) is 5.91 Å². The standard InChI is InChI=1S/C12H13NOS/c1-2-7-13-12(14)10-8-15-11-6-4-3-5-9(10)11/h1,8H,3-7H2,(H,13,14). The van der Waals surface area contributed by atoms with Crippen molar-refractivity contribution in [1.82, 2.24) is 5.32 Å². The number of rotatable bonds is 2. The molecule has 0 saturated heterocycles. The van der Waals surface area contributed by atoms with Gasteiger partial charge < -0.3 is 5.32 Å². The lowest BCUT2D eigenvalue weighted by Crippen LogP contribution is -2.24. The van der Waals surface area contributed by atoms with E-state index in [9.17, 15) is 4.79 Å². The number of amides is 1. The average Bonchev–Trinajstić information content (AvgIpc) is 2.69. The van der Waals surface area contributed by atoms with Gasteiger partial charge in [0.15, 0.2) is 0 Å². The van der Waals surface area contributed by atoms with Gasteiger partial charge in [-0.1, -0.05) is 5.92 Å². The van der Waals surface area contributed by atoms with E-state index in [1.807, 2.05) is 5.38 Å². The second-order valence-electron chi connectivity index (χ2n) is 3.65. The third kappa shape index (κ3) is 2.05. The summed E-state index contributed by atoms with van der Waals surface area (Å²) in [5, 5.41) is 4.68. The van der Waals surface area contributed by atoms with Gasteiger partial charge in [0, 0.05) is 10.3 Å². The topological polar surface area (TPSA) is 29.1 Å². The second-order valence-corrected chi connectivity index (χ2v) is 4.61. The molecule has 0 fully saturated rings. The van der Waals surface area contributed by atoms with Crippen molar-refractivity contribution in [3.63, 3.8) is 0 Å². The Morgan fingerprint density at radius 1 is 1.53 bits per heavy atom. The number of aryl methyl sites for hydroxylation is 1. The minimum atomic E-state index is -0.0210. The lowest BCUT2D eigenvalue weighted by molar-refractivity contribution is 0.0958. The number of fused-ring (bicyclic) bond motifs is 1. The van der Waals surface area contributed by atoms with Crippen molar-refractivity contribution in [3.8, 4) is 12.3 Å². The molecule has 0 spiro atoms. The SMILES string of the molecule is C#CCNC(=O)c1csc2c1CCCC2. The number of carbonyl (C=O) groups is 1. The first-order valence-corrected chi connectivity index (χ1v) is 6.02. The maximum Gasteiger partial charge on any atom is 0.253 e. The Morgan fingerprint density at radius 3 is 3.13 bits per heavy atom. The minimum absolute atomic E-state index is 0.0210. The molecular weight excluding hydrogens is 206 g/mol. The first-order valence-electron chi connectivity index (χ1n) is 5.14. The van der Waals surface area contributed by atoms with Crippen LogP contribution in [0.5, 0.6) is 0 Å². The zero-order chi connectivity index (χ0) is 10.7. The fraction of sp³-hybridized carbons (Fsp3) is 0.417. The highest BCUT2D eigenvalue weighted by Crippen LogP contribution is 2.29. The zero-order valence-electron chi connectivity index (χ0n) is 8.51. The fourth-order valence-corrected chi connectivity index (χ4v) is 3.04. The molecule has 3 heteroatoms. The summed E-state index contributed by atoms with van der Waals surface area (Å²) in [5.74, 6) is 2.39. The highest BCUT2D eigenvalue weighted by Gasteiger charge is 2.19. The minimum Gasteiger partial charge on any atom is -0.341 e. The second kappa shape index (κ2) is 4.50. The van der Waals surface area contributed by atoms with Gasteiger partial charge >= 0.3 is 0 Å². The molecule has 0 atom stereocenters. The van der Waals surface area contributed by atoms with E-state index in [0.717, 1.165) is 18.4 Å². The normalized spacial score (nSPS) is 14.1. The maximum absolute atomic E-state index is 11.7. The number of hydrogen-bond acceptors (Lipinski definition) is 2. The highest BCUT2D eigenvalue weighted by molar-refractivity contribution is 7.10. The molecule has 1 aromatic rings. The van der Waals surface area contributed by atoms with Crippen LogP contribution in [0.3, 0.4) is 0 Å². The third-order valence-corrected chi connectivity index (χ3v) is 3.75. The first-order chi connectivity index (χ1) is 7.33. The van der Waals surface area contributed by atoms with Crippen molar-refractivity contribution in [2.45, 2.75) is 25.7 Å². The molecule has 0 aliphatic heterocycles. The molecular formula is C12H13NOS. The molecule has 0 radical (unpaired) electrons. The Kier molecular flexibility index (Phi) is 3.08. The summed E-state index contributed by atoms with van der Waals surface area (Å²) in [6.45, 7) is 0.309. The number of carbonyl (C=O) groups excluding carboxylic acids is 1. The Hall–Kier alpha value is -1.27. The molecule has 0 bridgehead atoms. The van der Waals surface area contributed by atoms with Crippen LogP contribution in [0.4, 0.5) is 0 Å². The highest BCUT2D eigenvalue weighted by atomic mass is 32.1. The molecule has 1 heterocycles. The molecule has 2 nitrogen and oxygen atoms in total.